The van der Waals surface area contributed by atoms with Crippen LogP contribution in [0.5, 0.6) is 5.75 Å². The maximum atomic E-state index is 5.15. The largest absolute Gasteiger partial charge is 0.497 e. The zero-order chi connectivity index (χ0) is 14.5. The van der Waals surface area contributed by atoms with Crippen LogP contribution in [0.15, 0.2) is 54.6 Å². The predicted octanol–water partition coefficient (Wildman–Crippen LogP) is 2.47. The summed E-state index contributed by atoms with van der Waals surface area (Å²) in [6, 6.07) is 17.6. The van der Waals surface area contributed by atoms with E-state index in [1.807, 2.05) is 54.6 Å². The molecule has 0 amide bonds. The Hall–Kier alpha value is -2.89. The number of rotatable bonds is 5. The quantitative estimate of drug-likeness (QED) is 0.778. The number of ether oxygens (including phenoxy) is 1. The van der Waals surface area contributed by atoms with Gasteiger partial charge in [0.15, 0.2) is 0 Å². The number of anilines is 2. The number of para-hydroxylation sites is 1. The zero-order valence-electron chi connectivity index (χ0n) is 11.6. The summed E-state index contributed by atoms with van der Waals surface area (Å²) in [7, 11) is 1.65. The lowest BCUT2D eigenvalue weighted by Crippen LogP contribution is -2.06. The van der Waals surface area contributed by atoms with E-state index in [1.165, 1.54) is 0 Å². The molecule has 1 aromatic heterocycles. The standard InChI is InChI=1S/C15H15N5O/c1-21-14-9-7-12(8-10-14)11-20-15(17-18-19-20)16-13-5-3-2-4-6-13/h2-10H,11H2,1H3,(H,16,17,19). The summed E-state index contributed by atoms with van der Waals surface area (Å²) in [6.07, 6.45) is 0. The highest BCUT2D eigenvalue weighted by Crippen LogP contribution is 2.15. The van der Waals surface area contributed by atoms with Crippen LogP contribution in [0.3, 0.4) is 0 Å². The predicted molar refractivity (Wildman–Crippen MR) is 79.6 cm³/mol. The number of methoxy groups -OCH3 is 1. The van der Waals surface area contributed by atoms with E-state index in [1.54, 1.807) is 11.8 Å². The van der Waals surface area contributed by atoms with Gasteiger partial charge in [-0.2, -0.15) is 0 Å². The molecule has 3 rings (SSSR count). The number of benzene rings is 2. The van der Waals surface area contributed by atoms with Gasteiger partial charge in [-0.25, -0.2) is 4.68 Å². The molecule has 0 atom stereocenters. The SMILES string of the molecule is COc1ccc(Cn2nnnc2Nc2ccccc2)cc1. The van der Waals surface area contributed by atoms with Gasteiger partial charge in [0.25, 0.3) is 0 Å². The van der Waals surface area contributed by atoms with E-state index in [9.17, 15) is 0 Å². The highest BCUT2D eigenvalue weighted by atomic mass is 16.5. The van der Waals surface area contributed by atoms with E-state index in [-0.39, 0.29) is 0 Å². The molecule has 1 N–H and O–H groups in total. The normalized spacial score (nSPS) is 10.3. The smallest absolute Gasteiger partial charge is 0.247 e. The number of nitrogens with one attached hydrogen (secondary N) is 1. The Balaban J connectivity index is 1.75. The van der Waals surface area contributed by atoms with E-state index >= 15 is 0 Å². The third-order valence-corrected chi connectivity index (χ3v) is 3.05. The second kappa shape index (κ2) is 6.04. The Morgan fingerprint density at radius 2 is 1.81 bits per heavy atom. The molecule has 0 aliphatic rings. The average Bonchev–Trinajstić information content (AvgIpc) is 2.96. The van der Waals surface area contributed by atoms with E-state index in [2.05, 4.69) is 20.8 Å². The molecule has 0 aliphatic heterocycles. The second-order valence-corrected chi connectivity index (χ2v) is 4.50. The summed E-state index contributed by atoms with van der Waals surface area (Å²) in [5, 5.41) is 14.9. The zero-order valence-corrected chi connectivity index (χ0v) is 11.6. The van der Waals surface area contributed by atoms with Crippen LogP contribution in [0.4, 0.5) is 11.6 Å². The Kier molecular flexibility index (Phi) is 3.77. The minimum absolute atomic E-state index is 0.589. The maximum absolute atomic E-state index is 5.15. The second-order valence-electron chi connectivity index (χ2n) is 4.50. The molecule has 6 heteroatoms. The van der Waals surface area contributed by atoms with Gasteiger partial charge in [0, 0.05) is 5.69 Å². The van der Waals surface area contributed by atoms with Crippen molar-refractivity contribution in [3.8, 4) is 5.75 Å². The van der Waals surface area contributed by atoms with E-state index in [0.717, 1.165) is 17.0 Å². The topological polar surface area (TPSA) is 64.9 Å². The van der Waals surface area contributed by atoms with Crippen molar-refractivity contribution in [2.24, 2.45) is 0 Å². The van der Waals surface area contributed by atoms with Crippen LogP contribution in [-0.2, 0) is 6.54 Å². The lowest BCUT2D eigenvalue weighted by Gasteiger charge is -2.07. The molecule has 0 saturated heterocycles. The Morgan fingerprint density at radius 3 is 2.52 bits per heavy atom. The summed E-state index contributed by atoms with van der Waals surface area (Å²) in [6.45, 7) is 0.589. The molecule has 0 saturated carbocycles. The van der Waals surface area contributed by atoms with E-state index in [0.29, 0.717) is 12.5 Å². The van der Waals surface area contributed by atoms with Crippen molar-refractivity contribution in [1.82, 2.24) is 20.2 Å². The fourth-order valence-electron chi connectivity index (χ4n) is 1.96. The molecule has 0 unspecified atom stereocenters. The first-order chi connectivity index (χ1) is 10.3. The van der Waals surface area contributed by atoms with E-state index in [4.69, 9.17) is 4.74 Å². The highest BCUT2D eigenvalue weighted by molar-refractivity contribution is 5.52. The summed E-state index contributed by atoms with van der Waals surface area (Å²) in [4.78, 5) is 0. The van der Waals surface area contributed by atoms with Gasteiger partial charge in [-0.1, -0.05) is 35.4 Å². The number of tetrazole rings is 1. The van der Waals surface area contributed by atoms with Gasteiger partial charge in [-0.3, -0.25) is 0 Å². The van der Waals surface area contributed by atoms with Crippen molar-refractivity contribution in [3.05, 3.63) is 60.2 Å². The van der Waals surface area contributed by atoms with Crippen molar-refractivity contribution in [1.29, 1.82) is 0 Å². The van der Waals surface area contributed by atoms with Crippen LogP contribution in [0.2, 0.25) is 0 Å². The molecule has 6 nitrogen and oxygen atoms in total. The molecular formula is C15H15N5O. The van der Waals surface area contributed by atoms with Gasteiger partial charge in [-0.05, 0) is 40.3 Å². The van der Waals surface area contributed by atoms with Gasteiger partial charge in [-0.15, -0.1) is 0 Å². The van der Waals surface area contributed by atoms with Crippen LogP contribution in [0.1, 0.15) is 5.56 Å². The lowest BCUT2D eigenvalue weighted by atomic mass is 10.2. The fraction of sp³-hybridized carbons (Fsp3) is 0.133. The van der Waals surface area contributed by atoms with Gasteiger partial charge in [0.1, 0.15) is 5.75 Å². The first kappa shape index (κ1) is 13.1. The number of hydrogen-bond donors (Lipinski definition) is 1. The highest BCUT2D eigenvalue weighted by Gasteiger charge is 2.06. The third kappa shape index (κ3) is 3.17. The van der Waals surface area contributed by atoms with Gasteiger partial charge < -0.3 is 10.1 Å². The van der Waals surface area contributed by atoms with Crippen LogP contribution >= 0.6 is 0 Å². The van der Waals surface area contributed by atoms with Crippen LogP contribution in [0.25, 0.3) is 0 Å². The van der Waals surface area contributed by atoms with Gasteiger partial charge >= 0.3 is 0 Å². The summed E-state index contributed by atoms with van der Waals surface area (Å²) >= 11 is 0. The van der Waals surface area contributed by atoms with Crippen LogP contribution < -0.4 is 10.1 Å². The lowest BCUT2D eigenvalue weighted by molar-refractivity contribution is 0.414. The molecule has 0 spiro atoms. The summed E-state index contributed by atoms with van der Waals surface area (Å²) < 4.78 is 6.86. The molecule has 0 aliphatic carbocycles. The number of aromatic nitrogens is 4. The van der Waals surface area contributed by atoms with E-state index < -0.39 is 0 Å². The van der Waals surface area contributed by atoms with Crippen molar-refractivity contribution in [2.45, 2.75) is 6.54 Å². The first-order valence-electron chi connectivity index (χ1n) is 6.56. The third-order valence-electron chi connectivity index (χ3n) is 3.05. The monoisotopic (exact) mass is 281 g/mol. The molecule has 0 radical (unpaired) electrons. The van der Waals surface area contributed by atoms with Crippen molar-refractivity contribution in [2.75, 3.05) is 12.4 Å². The molecule has 0 bridgehead atoms. The average molecular weight is 281 g/mol. The number of hydrogen-bond acceptors (Lipinski definition) is 5. The fourth-order valence-corrected chi connectivity index (χ4v) is 1.96. The molecular weight excluding hydrogens is 266 g/mol. The molecule has 2 aromatic carbocycles. The summed E-state index contributed by atoms with van der Waals surface area (Å²) in [5.74, 6) is 1.44. The van der Waals surface area contributed by atoms with Gasteiger partial charge in [0.05, 0.1) is 13.7 Å². The first-order valence-corrected chi connectivity index (χ1v) is 6.56. The molecule has 106 valence electrons. The Labute approximate surface area is 122 Å². The Morgan fingerprint density at radius 1 is 1.05 bits per heavy atom. The van der Waals surface area contributed by atoms with Crippen molar-refractivity contribution >= 4 is 11.6 Å². The molecule has 1 heterocycles. The minimum atomic E-state index is 0.589. The van der Waals surface area contributed by atoms with Gasteiger partial charge in [0.2, 0.25) is 5.95 Å². The maximum Gasteiger partial charge on any atom is 0.247 e. The van der Waals surface area contributed by atoms with Crippen LogP contribution in [0, 0.1) is 0 Å². The molecule has 21 heavy (non-hydrogen) atoms. The summed E-state index contributed by atoms with van der Waals surface area (Å²) in [5.41, 5.74) is 2.04. The minimum Gasteiger partial charge on any atom is -0.497 e. The number of nitrogens with zero attached hydrogens (tertiary/aromatic N) is 4. The molecule has 0 fully saturated rings. The van der Waals surface area contributed by atoms with Crippen molar-refractivity contribution < 1.29 is 4.74 Å². The molecule has 3 aromatic rings. The Bertz CT molecular complexity index is 694. The van der Waals surface area contributed by atoms with Crippen molar-refractivity contribution in [3.63, 3.8) is 0 Å². The van der Waals surface area contributed by atoms with Crippen LogP contribution in [-0.4, -0.2) is 27.3 Å².